The zero-order chi connectivity index (χ0) is 24.0. The molecular weight excluding hydrogens is 450 g/mol. The predicted molar refractivity (Wildman–Crippen MR) is 122 cm³/mol. The summed E-state index contributed by atoms with van der Waals surface area (Å²) in [6, 6.07) is 11.1. The first kappa shape index (κ1) is 24.2. The molecular formula is C24H22F2N2O4S. The molecule has 0 amide bonds. The number of phenols is 1. The number of alkyl halides is 2. The van der Waals surface area contributed by atoms with E-state index in [0.29, 0.717) is 22.8 Å². The van der Waals surface area contributed by atoms with Gasteiger partial charge in [-0.2, -0.15) is 0 Å². The minimum Gasteiger partial charge on any atom is -0.504 e. The molecule has 0 fully saturated rings. The quantitative estimate of drug-likeness (QED) is 0.187. The molecule has 0 unspecified atom stereocenters. The lowest BCUT2D eigenvalue weighted by Gasteiger charge is -2.10. The van der Waals surface area contributed by atoms with Gasteiger partial charge in [-0.05, 0) is 55.0 Å². The molecule has 0 spiro atoms. The van der Waals surface area contributed by atoms with Gasteiger partial charge in [-0.25, -0.2) is 18.7 Å². The molecule has 3 rings (SSSR count). The molecule has 0 saturated heterocycles. The number of hydrogen-bond donors (Lipinski definition) is 1. The van der Waals surface area contributed by atoms with E-state index in [1.165, 1.54) is 49.2 Å². The molecule has 0 aliphatic carbocycles. The number of allylic oxidation sites excluding steroid dienone is 1. The number of nitrogens with zero attached hydrogens (tertiary/aromatic N) is 2. The highest BCUT2D eigenvalue weighted by Gasteiger charge is 2.13. The highest BCUT2D eigenvalue weighted by Crippen LogP contribution is 2.30. The summed E-state index contributed by atoms with van der Waals surface area (Å²) in [5.41, 5.74) is 2.08. The van der Waals surface area contributed by atoms with Crippen LogP contribution >= 0.6 is 11.8 Å². The lowest BCUT2D eigenvalue weighted by atomic mass is 10.1. The number of ketones is 1. The highest BCUT2D eigenvalue weighted by atomic mass is 32.2. The number of aromatic hydroxyl groups is 1. The number of carbonyl (C=O) groups is 1. The van der Waals surface area contributed by atoms with Crippen LogP contribution in [0.25, 0.3) is 6.08 Å². The first-order valence-electron chi connectivity index (χ1n) is 9.83. The molecule has 0 aliphatic heterocycles. The molecule has 0 aliphatic rings. The minimum absolute atomic E-state index is 0.0476. The van der Waals surface area contributed by atoms with Crippen LogP contribution in [0, 0.1) is 6.92 Å². The van der Waals surface area contributed by atoms with Crippen LogP contribution in [0.15, 0.2) is 53.7 Å². The normalized spacial score (nSPS) is 11.2. The molecule has 6 nitrogen and oxygen atoms in total. The molecule has 0 atom stereocenters. The fraction of sp³-hybridized carbons (Fsp3) is 0.208. The van der Waals surface area contributed by atoms with Crippen LogP contribution in [0.1, 0.15) is 39.3 Å². The Hall–Kier alpha value is -3.46. The topological polar surface area (TPSA) is 81.5 Å². The number of hydrogen-bond acceptors (Lipinski definition) is 7. The van der Waals surface area contributed by atoms with Crippen LogP contribution in [0.5, 0.6) is 17.2 Å². The first-order chi connectivity index (χ1) is 15.8. The number of halogens is 2. The number of benzene rings is 2. The Kier molecular flexibility index (Phi) is 8.00. The second-order valence-electron chi connectivity index (χ2n) is 6.96. The van der Waals surface area contributed by atoms with Crippen molar-refractivity contribution in [3.63, 3.8) is 0 Å². The van der Waals surface area contributed by atoms with Crippen molar-refractivity contribution < 1.29 is 28.2 Å². The van der Waals surface area contributed by atoms with Gasteiger partial charge in [0.05, 0.1) is 14.2 Å². The third-order valence-electron chi connectivity index (χ3n) is 4.63. The van der Waals surface area contributed by atoms with E-state index in [2.05, 4.69) is 9.97 Å². The standard InChI is InChI=1S/C24H22F2N2O4S/c1-14-10-18(23(25)26)28-24(27-14)33-13-17-11-15(5-9-21(17)31-2)4-7-19(29)16-6-8-20(30)22(12-16)32-3/h4-12,23,30H,13H2,1-3H3/b7-4+. The Labute approximate surface area is 194 Å². The molecule has 2 aromatic carbocycles. The second-order valence-corrected chi connectivity index (χ2v) is 7.90. The van der Waals surface area contributed by atoms with E-state index in [9.17, 15) is 18.7 Å². The maximum atomic E-state index is 13.0. The van der Waals surface area contributed by atoms with Gasteiger partial charge in [0, 0.05) is 22.6 Å². The number of ether oxygens (including phenoxy) is 2. The molecule has 0 radical (unpaired) electrons. The molecule has 33 heavy (non-hydrogen) atoms. The maximum absolute atomic E-state index is 13.0. The fourth-order valence-electron chi connectivity index (χ4n) is 3.00. The number of phenolic OH excluding ortho intramolecular Hbond substituents is 1. The molecule has 172 valence electrons. The molecule has 1 aromatic heterocycles. The van der Waals surface area contributed by atoms with Crippen molar-refractivity contribution in [3.8, 4) is 17.2 Å². The first-order valence-corrected chi connectivity index (χ1v) is 10.8. The van der Waals surface area contributed by atoms with Crippen molar-refractivity contribution >= 4 is 23.6 Å². The lowest BCUT2D eigenvalue weighted by Crippen LogP contribution is -1.98. The van der Waals surface area contributed by atoms with E-state index >= 15 is 0 Å². The van der Waals surface area contributed by atoms with Gasteiger partial charge in [0.2, 0.25) is 0 Å². The second kappa shape index (κ2) is 10.9. The van der Waals surface area contributed by atoms with Crippen molar-refractivity contribution in [2.24, 2.45) is 0 Å². The fourth-order valence-corrected chi connectivity index (χ4v) is 3.89. The summed E-state index contributed by atoms with van der Waals surface area (Å²) in [6.07, 6.45) is 0.413. The summed E-state index contributed by atoms with van der Waals surface area (Å²) in [5, 5.41) is 9.94. The Bertz CT molecular complexity index is 1190. The smallest absolute Gasteiger partial charge is 0.280 e. The van der Waals surface area contributed by atoms with Gasteiger partial charge in [0.1, 0.15) is 11.4 Å². The van der Waals surface area contributed by atoms with Crippen molar-refractivity contribution in [1.82, 2.24) is 9.97 Å². The van der Waals surface area contributed by atoms with E-state index in [1.807, 2.05) is 6.07 Å². The number of aromatic nitrogens is 2. The molecule has 1 heterocycles. The number of aryl methyl sites for hydroxylation is 1. The molecule has 3 aromatic rings. The maximum Gasteiger partial charge on any atom is 0.280 e. The van der Waals surface area contributed by atoms with Crippen molar-refractivity contribution in [2.45, 2.75) is 24.3 Å². The Morgan fingerprint density at radius 3 is 2.55 bits per heavy atom. The van der Waals surface area contributed by atoms with Crippen LogP contribution in [0.4, 0.5) is 8.78 Å². The van der Waals surface area contributed by atoms with E-state index in [4.69, 9.17) is 9.47 Å². The number of methoxy groups -OCH3 is 2. The summed E-state index contributed by atoms with van der Waals surface area (Å²) in [4.78, 5) is 20.6. The van der Waals surface area contributed by atoms with Crippen LogP contribution in [-0.4, -0.2) is 35.1 Å². The average Bonchev–Trinajstić information content (AvgIpc) is 2.81. The van der Waals surface area contributed by atoms with E-state index in [0.717, 1.165) is 11.1 Å². The van der Waals surface area contributed by atoms with Gasteiger partial charge in [-0.15, -0.1) is 0 Å². The Morgan fingerprint density at radius 2 is 1.85 bits per heavy atom. The SMILES string of the molecule is COc1cc(C(=O)/C=C/c2ccc(OC)c(CSc3nc(C)cc(C(F)F)n3)c2)ccc1O. The van der Waals surface area contributed by atoms with Crippen LogP contribution < -0.4 is 9.47 Å². The highest BCUT2D eigenvalue weighted by molar-refractivity contribution is 7.98. The third kappa shape index (κ3) is 6.29. The number of thioether (sulfide) groups is 1. The predicted octanol–water partition coefficient (Wildman–Crippen LogP) is 5.63. The summed E-state index contributed by atoms with van der Waals surface area (Å²) in [7, 11) is 2.95. The largest absolute Gasteiger partial charge is 0.504 e. The summed E-state index contributed by atoms with van der Waals surface area (Å²) >= 11 is 1.22. The van der Waals surface area contributed by atoms with E-state index < -0.39 is 6.43 Å². The van der Waals surface area contributed by atoms with Gasteiger partial charge >= 0.3 is 0 Å². The van der Waals surface area contributed by atoms with Crippen LogP contribution in [-0.2, 0) is 5.75 Å². The van der Waals surface area contributed by atoms with Gasteiger partial charge in [-0.1, -0.05) is 23.9 Å². The minimum atomic E-state index is -2.67. The van der Waals surface area contributed by atoms with Crippen molar-refractivity contribution in [3.05, 3.63) is 76.6 Å². The van der Waals surface area contributed by atoms with Gasteiger partial charge in [0.15, 0.2) is 22.4 Å². The van der Waals surface area contributed by atoms with Crippen LogP contribution in [0.2, 0.25) is 0 Å². The summed E-state index contributed by atoms with van der Waals surface area (Å²) in [6.45, 7) is 1.64. The third-order valence-corrected chi connectivity index (χ3v) is 5.53. The average molecular weight is 473 g/mol. The number of rotatable bonds is 9. The molecule has 9 heteroatoms. The van der Waals surface area contributed by atoms with Gasteiger partial charge in [-0.3, -0.25) is 4.79 Å². The Morgan fingerprint density at radius 1 is 1.09 bits per heavy atom. The Balaban J connectivity index is 1.77. The van der Waals surface area contributed by atoms with Crippen LogP contribution in [0.3, 0.4) is 0 Å². The van der Waals surface area contributed by atoms with Gasteiger partial charge in [0.25, 0.3) is 6.43 Å². The van der Waals surface area contributed by atoms with E-state index in [1.54, 1.807) is 32.2 Å². The number of carbonyl (C=O) groups excluding carboxylic acids is 1. The lowest BCUT2D eigenvalue weighted by molar-refractivity contribution is 0.104. The van der Waals surface area contributed by atoms with Gasteiger partial charge < -0.3 is 14.6 Å². The zero-order valence-electron chi connectivity index (χ0n) is 18.2. The zero-order valence-corrected chi connectivity index (χ0v) is 19.0. The molecule has 1 N–H and O–H groups in total. The van der Waals surface area contributed by atoms with E-state index in [-0.39, 0.29) is 28.1 Å². The molecule has 0 saturated carbocycles. The molecule has 0 bridgehead atoms. The van der Waals surface area contributed by atoms with Crippen molar-refractivity contribution in [1.29, 1.82) is 0 Å². The summed E-state index contributed by atoms with van der Waals surface area (Å²) < 4.78 is 36.5. The monoisotopic (exact) mass is 472 g/mol. The van der Waals surface area contributed by atoms with Crippen molar-refractivity contribution in [2.75, 3.05) is 14.2 Å². The summed E-state index contributed by atoms with van der Waals surface area (Å²) in [5.74, 6) is 0.920.